The molecule has 1 aliphatic heterocycles. The number of aliphatic hydroxyl groups excluding tert-OH is 1. The Labute approximate surface area is 157 Å². The number of nitrogens with zero attached hydrogens (tertiary/aromatic N) is 2. The number of nitrogens with one attached hydrogen (secondary N) is 1. The van der Waals surface area contributed by atoms with Gasteiger partial charge in [0.15, 0.2) is 0 Å². The van der Waals surface area contributed by atoms with Crippen LogP contribution in [-0.2, 0) is 10.2 Å². The summed E-state index contributed by atoms with van der Waals surface area (Å²) in [6.45, 7) is 12.6. The lowest BCUT2D eigenvalue weighted by Crippen LogP contribution is -2.65. The summed E-state index contributed by atoms with van der Waals surface area (Å²) < 4.78 is 0. The first-order valence-corrected chi connectivity index (χ1v) is 9.86. The molecule has 1 aromatic rings. The molecule has 1 aliphatic carbocycles. The van der Waals surface area contributed by atoms with Crippen molar-refractivity contribution in [1.29, 1.82) is 0 Å². The zero-order valence-electron chi connectivity index (χ0n) is 16.7. The van der Waals surface area contributed by atoms with Crippen LogP contribution < -0.4 is 5.32 Å². The Balaban J connectivity index is 1.71. The molecule has 1 aromatic heterocycles. The highest BCUT2D eigenvalue weighted by molar-refractivity contribution is 5.87. The van der Waals surface area contributed by atoms with Crippen molar-refractivity contribution in [3.05, 3.63) is 30.1 Å². The van der Waals surface area contributed by atoms with Crippen LogP contribution in [0, 0.1) is 11.3 Å². The summed E-state index contributed by atoms with van der Waals surface area (Å²) in [6, 6.07) is 5.95. The first-order valence-electron chi connectivity index (χ1n) is 9.86. The zero-order valence-corrected chi connectivity index (χ0v) is 16.7. The second-order valence-corrected chi connectivity index (χ2v) is 9.01. The Bertz CT molecular complexity index is 646. The number of aliphatic hydroxyl groups is 1. The van der Waals surface area contributed by atoms with Gasteiger partial charge in [0, 0.05) is 24.2 Å². The normalized spacial score (nSPS) is 32.0. The van der Waals surface area contributed by atoms with Gasteiger partial charge in [0.05, 0.1) is 23.3 Å². The molecule has 3 rings (SSSR count). The smallest absolute Gasteiger partial charge is 0.231 e. The summed E-state index contributed by atoms with van der Waals surface area (Å²) in [7, 11) is 0. The first-order chi connectivity index (χ1) is 12.2. The fraction of sp³-hybridized carbons (Fsp3) is 0.714. The number of hydrogen-bond acceptors (Lipinski definition) is 4. The molecule has 2 aliphatic rings. The van der Waals surface area contributed by atoms with E-state index in [1.54, 1.807) is 6.20 Å². The standard InChI is InChI=1S/C21H33N3O2/c1-6-24-13-21(18(24)14(2)3)11-15(16(25)12-21)23-19(26)20(4,5)17-9-7-8-10-22-17/h7-10,14-16,18,25H,6,11-13H2,1-5H3,(H,23,26)/t15-,16-,18?,21?/m1/s1. The fourth-order valence-electron chi connectivity index (χ4n) is 5.24. The van der Waals surface area contributed by atoms with Gasteiger partial charge in [-0.1, -0.05) is 26.8 Å². The molecule has 144 valence electrons. The lowest BCUT2D eigenvalue weighted by atomic mass is 9.65. The lowest BCUT2D eigenvalue weighted by molar-refractivity contribution is -0.127. The summed E-state index contributed by atoms with van der Waals surface area (Å²) in [5, 5.41) is 13.8. The van der Waals surface area contributed by atoms with E-state index in [4.69, 9.17) is 0 Å². The molecule has 1 saturated heterocycles. The first kappa shape index (κ1) is 19.3. The second-order valence-electron chi connectivity index (χ2n) is 9.01. The number of aromatic nitrogens is 1. The van der Waals surface area contributed by atoms with E-state index in [1.165, 1.54) is 0 Å². The SMILES string of the molecule is CCN1CC2(C[C@@H](O)[C@H](NC(=O)C(C)(C)c3ccccn3)C2)C1C(C)C. The number of likely N-dealkylation sites (tertiary alicyclic amines) is 1. The van der Waals surface area contributed by atoms with E-state index in [-0.39, 0.29) is 17.4 Å². The molecule has 4 atom stereocenters. The summed E-state index contributed by atoms with van der Waals surface area (Å²) in [5.41, 5.74) is 0.167. The highest BCUT2D eigenvalue weighted by Gasteiger charge is 2.59. The molecule has 5 nitrogen and oxygen atoms in total. The van der Waals surface area contributed by atoms with Gasteiger partial charge in [0.25, 0.3) is 0 Å². The fourth-order valence-corrected chi connectivity index (χ4v) is 5.24. The van der Waals surface area contributed by atoms with Gasteiger partial charge in [0.2, 0.25) is 5.91 Å². The average molecular weight is 360 g/mol. The van der Waals surface area contributed by atoms with Crippen LogP contribution in [0.2, 0.25) is 0 Å². The van der Waals surface area contributed by atoms with E-state index in [9.17, 15) is 9.90 Å². The maximum atomic E-state index is 12.9. The van der Waals surface area contributed by atoms with Crippen LogP contribution in [0.1, 0.15) is 53.2 Å². The van der Waals surface area contributed by atoms with Crippen molar-refractivity contribution >= 4 is 5.91 Å². The number of rotatable bonds is 5. The zero-order chi connectivity index (χ0) is 19.1. The number of hydrogen-bond donors (Lipinski definition) is 2. The van der Waals surface area contributed by atoms with Crippen LogP contribution in [0.3, 0.4) is 0 Å². The Morgan fingerprint density at radius 2 is 2.15 bits per heavy atom. The van der Waals surface area contributed by atoms with Gasteiger partial charge >= 0.3 is 0 Å². The predicted molar refractivity (Wildman–Crippen MR) is 103 cm³/mol. The van der Waals surface area contributed by atoms with Crippen molar-refractivity contribution in [2.24, 2.45) is 11.3 Å². The van der Waals surface area contributed by atoms with Gasteiger partial charge in [-0.2, -0.15) is 0 Å². The minimum atomic E-state index is -0.719. The number of carbonyl (C=O) groups excluding carboxylic acids is 1. The minimum absolute atomic E-state index is 0.0648. The molecule has 2 fully saturated rings. The number of amides is 1. The largest absolute Gasteiger partial charge is 0.391 e. The molecule has 0 bridgehead atoms. The van der Waals surface area contributed by atoms with Crippen molar-refractivity contribution in [2.45, 2.75) is 71.1 Å². The topological polar surface area (TPSA) is 65.5 Å². The molecule has 2 unspecified atom stereocenters. The summed E-state index contributed by atoms with van der Waals surface area (Å²) in [5.74, 6) is 0.486. The van der Waals surface area contributed by atoms with Crippen molar-refractivity contribution < 1.29 is 9.90 Å². The van der Waals surface area contributed by atoms with Crippen LogP contribution in [0.4, 0.5) is 0 Å². The van der Waals surface area contributed by atoms with Crippen molar-refractivity contribution in [1.82, 2.24) is 15.2 Å². The summed E-state index contributed by atoms with van der Waals surface area (Å²) >= 11 is 0. The van der Waals surface area contributed by atoms with E-state index in [0.29, 0.717) is 12.0 Å². The molecule has 1 saturated carbocycles. The average Bonchev–Trinajstić information content (AvgIpc) is 2.91. The number of carbonyl (C=O) groups is 1. The summed E-state index contributed by atoms with van der Waals surface area (Å²) in [6.07, 6.45) is 2.88. The molecule has 1 spiro atoms. The van der Waals surface area contributed by atoms with Gasteiger partial charge in [-0.25, -0.2) is 0 Å². The monoisotopic (exact) mass is 359 g/mol. The van der Waals surface area contributed by atoms with E-state index in [1.807, 2.05) is 32.0 Å². The van der Waals surface area contributed by atoms with Crippen LogP contribution >= 0.6 is 0 Å². The quantitative estimate of drug-likeness (QED) is 0.847. The minimum Gasteiger partial charge on any atom is -0.391 e. The Hall–Kier alpha value is -1.46. The summed E-state index contributed by atoms with van der Waals surface area (Å²) in [4.78, 5) is 19.8. The van der Waals surface area contributed by atoms with Gasteiger partial charge in [-0.3, -0.25) is 14.7 Å². The molecule has 1 amide bonds. The molecule has 2 heterocycles. The van der Waals surface area contributed by atoms with Crippen molar-refractivity contribution in [3.63, 3.8) is 0 Å². The van der Waals surface area contributed by atoms with Gasteiger partial charge < -0.3 is 10.4 Å². The van der Waals surface area contributed by atoms with E-state index < -0.39 is 11.5 Å². The molecular formula is C21H33N3O2. The Kier molecular flexibility index (Phi) is 5.15. The van der Waals surface area contributed by atoms with Crippen LogP contribution in [0.5, 0.6) is 0 Å². The van der Waals surface area contributed by atoms with Crippen LogP contribution in [-0.4, -0.2) is 52.2 Å². The van der Waals surface area contributed by atoms with Crippen molar-refractivity contribution in [3.8, 4) is 0 Å². The number of pyridine rings is 1. The second kappa shape index (κ2) is 6.93. The molecular weight excluding hydrogens is 326 g/mol. The highest BCUT2D eigenvalue weighted by Crippen LogP contribution is 2.52. The molecule has 2 N–H and O–H groups in total. The Morgan fingerprint density at radius 3 is 2.73 bits per heavy atom. The van der Waals surface area contributed by atoms with Gasteiger partial charge in [0.1, 0.15) is 0 Å². The van der Waals surface area contributed by atoms with Gasteiger partial charge in [-0.15, -0.1) is 0 Å². The van der Waals surface area contributed by atoms with E-state index in [0.717, 1.165) is 31.6 Å². The van der Waals surface area contributed by atoms with E-state index >= 15 is 0 Å². The highest BCUT2D eigenvalue weighted by atomic mass is 16.3. The maximum Gasteiger partial charge on any atom is 0.231 e. The van der Waals surface area contributed by atoms with Crippen molar-refractivity contribution in [2.75, 3.05) is 13.1 Å². The molecule has 0 aromatic carbocycles. The molecule has 0 radical (unpaired) electrons. The van der Waals surface area contributed by atoms with Gasteiger partial charge in [-0.05, 0) is 51.3 Å². The maximum absolute atomic E-state index is 12.9. The van der Waals surface area contributed by atoms with Crippen LogP contribution in [0.15, 0.2) is 24.4 Å². The van der Waals surface area contributed by atoms with Crippen LogP contribution in [0.25, 0.3) is 0 Å². The predicted octanol–water partition coefficient (Wildman–Crippen LogP) is 2.35. The third-order valence-corrected chi connectivity index (χ3v) is 6.47. The van der Waals surface area contributed by atoms with E-state index in [2.05, 4.69) is 36.0 Å². The molecule has 26 heavy (non-hydrogen) atoms. The third kappa shape index (κ3) is 3.16. The Morgan fingerprint density at radius 1 is 1.42 bits per heavy atom. The molecule has 5 heteroatoms. The third-order valence-electron chi connectivity index (χ3n) is 6.47. The lowest BCUT2D eigenvalue weighted by Gasteiger charge is -2.58.